The highest BCUT2D eigenvalue weighted by Gasteiger charge is 2.36. The lowest BCUT2D eigenvalue weighted by Crippen LogP contribution is -2.52. The standard InChI is InChI=1S/C21H24N6O3/c1-13-8-27(12-23-13)16-5-4-15(6-18(16)28-3)24-21-22-7-19-20(25-21)26(2)17(11-30-19)14-9-29-10-14/h4-8,12,14,17H,9-11H2,1-3H3,(H,22,24,25). The van der Waals surface area contributed by atoms with Crippen LogP contribution in [0.3, 0.4) is 0 Å². The van der Waals surface area contributed by atoms with Crippen LogP contribution in [-0.4, -0.2) is 59.5 Å². The van der Waals surface area contributed by atoms with Gasteiger partial charge in [0.1, 0.15) is 12.4 Å². The molecule has 0 amide bonds. The van der Waals surface area contributed by atoms with Crippen LogP contribution in [-0.2, 0) is 4.74 Å². The molecule has 1 fully saturated rings. The number of anilines is 3. The fourth-order valence-corrected chi connectivity index (χ4v) is 3.80. The maximum atomic E-state index is 5.89. The molecule has 2 aromatic heterocycles. The second-order valence-electron chi connectivity index (χ2n) is 7.60. The number of benzene rings is 1. The van der Waals surface area contributed by atoms with E-state index in [0.717, 1.165) is 41.8 Å². The predicted octanol–water partition coefficient (Wildman–Crippen LogP) is 2.57. The molecule has 2 aliphatic heterocycles. The van der Waals surface area contributed by atoms with Gasteiger partial charge in [0.2, 0.25) is 5.95 Å². The molecule has 0 radical (unpaired) electrons. The summed E-state index contributed by atoms with van der Waals surface area (Å²) in [5.41, 5.74) is 2.68. The van der Waals surface area contributed by atoms with Crippen molar-refractivity contribution in [3.05, 3.63) is 42.6 Å². The Hall–Kier alpha value is -3.33. The first-order valence-electron chi connectivity index (χ1n) is 9.89. The third kappa shape index (κ3) is 3.30. The Morgan fingerprint density at radius 2 is 2.07 bits per heavy atom. The molecule has 9 nitrogen and oxygen atoms in total. The first-order chi connectivity index (χ1) is 14.6. The van der Waals surface area contributed by atoms with Crippen molar-refractivity contribution in [1.29, 1.82) is 0 Å². The quantitative estimate of drug-likeness (QED) is 0.689. The summed E-state index contributed by atoms with van der Waals surface area (Å²) in [6.07, 6.45) is 5.44. The zero-order valence-electron chi connectivity index (χ0n) is 17.2. The van der Waals surface area contributed by atoms with E-state index in [2.05, 4.69) is 20.2 Å². The lowest BCUT2D eigenvalue weighted by atomic mass is 9.96. The second kappa shape index (κ2) is 7.49. The molecule has 9 heteroatoms. The van der Waals surface area contributed by atoms with Crippen molar-refractivity contribution in [2.75, 3.05) is 44.2 Å². The second-order valence-corrected chi connectivity index (χ2v) is 7.60. The number of nitrogens with zero attached hydrogens (tertiary/aromatic N) is 5. The van der Waals surface area contributed by atoms with Crippen molar-refractivity contribution in [3.63, 3.8) is 0 Å². The summed E-state index contributed by atoms with van der Waals surface area (Å²) < 4.78 is 18.8. The van der Waals surface area contributed by atoms with Gasteiger partial charge in [-0.2, -0.15) is 4.98 Å². The maximum Gasteiger partial charge on any atom is 0.229 e. The minimum Gasteiger partial charge on any atom is -0.494 e. The molecule has 4 heterocycles. The number of imidazole rings is 1. The normalized spacial score (nSPS) is 18.4. The third-order valence-corrected chi connectivity index (χ3v) is 5.61. The molecular weight excluding hydrogens is 384 g/mol. The summed E-state index contributed by atoms with van der Waals surface area (Å²) >= 11 is 0. The summed E-state index contributed by atoms with van der Waals surface area (Å²) in [5.74, 6) is 3.18. The topological polar surface area (TPSA) is 86.6 Å². The van der Waals surface area contributed by atoms with Gasteiger partial charge in [-0.05, 0) is 19.1 Å². The molecule has 0 aliphatic carbocycles. The molecular formula is C21H24N6O3. The summed E-state index contributed by atoms with van der Waals surface area (Å²) in [4.78, 5) is 15.6. The fourth-order valence-electron chi connectivity index (χ4n) is 3.80. The van der Waals surface area contributed by atoms with Crippen molar-refractivity contribution in [3.8, 4) is 17.2 Å². The van der Waals surface area contributed by atoms with Gasteiger partial charge in [0.05, 0.1) is 50.3 Å². The summed E-state index contributed by atoms with van der Waals surface area (Å²) in [7, 11) is 3.70. The van der Waals surface area contributed by atoms with E-state index in [9.17, 15) is 0 Å². The number of aryl methyl sites for hydroxylation is 1. The molecule has 30 heavy (non-hydrogen) atoms. The molecule has 0 saturated carbocycles. The van der Waals surface area contributed by atoms with E-state index in [1.807, 2.05) is 42.9 Å². The van der Waals surface area contributed by atoms with Crippen LogP contribution < -0.4 is 19.7 Å². The predicted molar refractivity (Wildman–Crippen MR) is 112 cm³/mol. The minimum absolute atomic E-state index is 0.256. The van der Waals surface area contributed by atoms with Crippen molar-refractivity contribution < 1.29 is 14.2 Å². The lowest BCUT2D eigenvalue weighted by Gasteiger charge is -2.42. The first kappa shape index (κ1) is 18.7. The van der Waals surface area contributed by atoms with Gasteiger partial charge in [-0.25, -0.2) is 9.97 Å². The van der Waals surface area contributed by atoms with Crippen LogP contribution in [0.4, 0.5) is 17.5 Å². The number of likely N-dealkylation sites (N-methyl/N-ethyl adjacent to an activating group) is 1. The van der Waals surface area contributed by atoms with E-state index >= 15 is 0 Å². The van der Waals surface area contributed by atoms with Gasteiger partial charge in [-0.1, -0.05) is 0 Å². The molecule has 3 aromatic rings. The van der Waals surface area contributed by atoms with E-state index < -0.39 is 0 Å². The Balaban J connectivity index is 1.39. The molecule has 1 saturated heterocycles. The highest BCUT2D eigenvalue weighted by molar-refractivity contribution is 5.64. The number of nitrogens with one attached hydrogen (secondary N) is 1. The van der Waals surface area contributed by atoms with Crippen molar-refractivity contribution in [1.82, 2.24) is 19.5 Å². The zero-order valence-corrected chi connectivity index (χ0v) is 17.2. The molecule has 1 unspecified atom stereocenters. The SMILES string of the molecule is COc1cc(Nc2ncc3c(n2)N(C)C(C2COC2)CO3)ccc1-n1cnc(C)c1. The number of fused-ring (bicyclic) bond motifs is 1. The van der Waals surface area contributed by atoms with Crippen LogP contribution in [0.15, 0.2) is 36.9 Å². The molecule has 0 spiro atoms. The van der Waals surface area contributed by atoms with Gasteiger partial charge >= 0.3 is 0 Å². The number of hydrogen-bond donors (Lipinski definition) is 1. The average Bonchev–Trinajstić information content (AvgIpc) is 3.15. The maximum absolute atomic E-state index is 5.89. The number of methoxy groups -OCH3 is 1. The van der Waals surface area contributed by atoms with E-state index in [1.54, 1.807) is 19.6 Å². The van der Waals surface area contributed by atoms with Crippen molar-refractivity contribution >= 4 is 17.5 Å². The summed E-state index contributed by atoms with van der Waals surface area (Å²) in [5, 5.41) is 3.27. The highest BCUT2D eigenvalue weighted by Crippen LogP contribution is 2.35. The Kier molecular flexibility index (Phi) is 4.66. The van der Waals surface area contributed by atoms with Gasteiger partial charge in [-0.15, -0.1) is 0 Å². The largest absolute Gasteiger partial charge is 0.494 e. The molecule has 1 aromatic carbocycles. The summed E-state index contributed by atoms with van der Waals surface area (Å²) in [6.45, 7) is 4.12. The van der Waals surface area contributed by atoms with Crippen LogP contribution in [0.5, 0.6) is 11.5 Å². The van der Waals surface area contributed by atoms with Crippen LogP contribution in [0.25, 0.3) is 5.69 Å². The summed E-state index contributed by atoms with van der Waals surface area (Å²) in [6, 6.07) is 6.11. The average molecular weight is 408 g/mol. The fraction of sp³-hybridized carbons (Fsp3) is 0.381. The molecule has 156 valence electrons. The smallest absolute Gasteiger partial charge is 0.229 e. The lowest BCUT2D eigenvalue weighted by molar-refractivity contribution is -0.0518. The van der Waals surface area contributed by atoms with Crippen LogP contribution in [0.2, 0.25) is 0 Å². The van der Waals surface area contributed by atoms with Gasteiger partial charge in [0.25, 0.3) is 0 Å². The highest BCUT2D eigenvalue weighted by atomic mass is 16.5. The molecule has 2 aliphatic rings. The Labute approximate surface area is 174 Å². The molecule has 1 N–H and O–H groups in total. The monoisotopic (exact) mass is 408 g/mol. The van der Waals surface area contributed by atoms with E-state index in [0.29, 0.717) is 24.2 Å². The van der Waals surface area contributed by atoms with E-state index in [-0.39, 0.29) is 6.04 Å². The van der Waals surface area contributed by atoms with Gasteiger partial charge in [-0.3, -0.25) is 0 Å². The van der Waals surface area contributed by atoms with E-state index in [4.69, 9.17) is 19.2 Å². The number of rotatable bonds is 5. The van der Waals surface area contributed by atoms with Gasteiger partial charge < -0.3 is 29.0 Å². The molecule has 0 bridgehead atoms. The van der Waals surface area contributed by atoms with Crippen molar-refractivity contribution in [2.24, 2.45) is 5.92 Å². The number of ether oxygens (including phenoxy) is 3. The third-order valence-electron chi connectivity index (χ3n) is 5.61. The van der Waals surface area contributed by atoms with Gasteiger partial charge in [0.15, 0.2) is 11.6 Å². The zero-order chi connectivity index (χ0) is 20.7. The van der Waals surface area contributed by atoms with Crippen LogP contribution in [0.1, 0.15) is 5.69 Å². The number of hydrogen-bond acceptors (Lipinski definition) is 8. The van der Waals surface area contributed by atoms with Crippen LogP contribution in [0, 0.1) is 12.8 Å². The van der Waals surface area contributed by atoms with Crippen LogP contribution >= 0.6 is 0 Å². The Morgan fingerprint density at radius 1 is 1.20 bits per heavy atom. The Morgan fingerprint density at radius 3 is 2.77 bits per heavy atom. The first-order valence-corrected chi connectivity index (χ1v) is 9.89. The molecule has 1 atom stereocenters. The van der Waals surface area contributed by atoms with Gasteiger partial charge in [0, 0.05) is 30.9 Å². The van der Waals surface area contributed by atoms with E-state index in [1.165, 1.54) is 0 Å². The number of aromatic nitrogens is 4. The molecule has 5 rings (SSSR count). The van der Waals surface area contributed by atoms with Crippen molar-refractivity contribution in [2.45, 2.75) is 13.0 Å². The minimum atomic E-state index is 0.256. The Bertz CT molecular complexity index is 1060.